The Bertz CT molecular complexity index is 370. The number of halogens is 1. The van der Waals surface area contributed by atoms with Gasteiger partial charge in [-0.25, -0.2) is 9.79 Å². The Morgan fingerprint density at radius 2 is 2.00 bits per heavy atom. The first-order valence-electron chi connectivity index (χ1n) is 3.77. The summed E-state index contributed by atoms with van der Waals surface area (Å²) in [5.41, 5.74) is 0.773. The van der Waals surface area contributed by atoms with Crippen molar-refractivity contribution in [2.75, 3.05) is 6.54 Å². The number of hydrogen-bond donors (Lipinski definition) is 0. The van der Waals surface area contributed by atoms with Gasteiger partial charge in [-0.3, -0.25) is 0 Å². The normalized spacial score (nSPS) is 15.5. The quantitative estimate of drug-likeness (QED) is 0.639. The number of esters is 1. The standard InChI is InChI=1S/C9H6ClNO2/c10-7-3-1-6(2-4-7)9-11-5-8(12)13-9/h1-4H,5H2. The van der Waals surface area contributed by atoms with Gasteiger partial charge in [0, 0.05) is 10.6 Å². The van der Waals surface area contributed by atoms with E-state index in [1.54, 1.807) is 24.3 Å². The van der Waals surface area contributed by atoms with Crippen molar-refractivity contribution < 1.29 is 9.53 Å². The summed E-state index contributed by atoms with van der Waals surface area (Å²) < 4.78 is 4.86. The average Bonchev–Trinajstić information content (AvgIpc) is 2.53. The molecule has 4 heteroatoms. The highest BCUT2D eigenvalue weighted by atomic mass is 35.5. The van der Waals surface area contributed by atoms with Crippen LogP contribution in [0.15, 0.2) is 29.3 Å². The molecule has 0 saturated heterocycles. The van der Waals surface area contributed by atoms with Gasteiger partial charge in [-0.15, -0.1) is 0 Å². The van der Waals surface area contributed by atoms with Gasteiger partial charge in [-0.05, 0) is 24.3 Å². The van der Waals surface area contributed by atoms with Crippen molar-refractivity contribution in [1.82, 2.24) is 0 Å². The van der Waals surface area contributed by atoms with Crippen LogP contribution in [0.1, 0.15) is 5.56 Å². The van der Waals surface area contributed by atoms with E-state index in [-0.39, 0.29) is 12.5 Å². The van der Waals surface area contributed by atoms with Crippen LogP contribution in [0.2, 0.25) is 5.02 Å². The van der Waals surface area contributed by atoms with Crippen molar-refractivity contribution in [2.24, 2.45) is 4.99 Å². The number of nitrogens with zero attached hydrogens (tertiary/aromatic N) is 1. The molecule has 0 fully saturated rings. The number of benzene rings is 1. The lowest BCUT2D eigenvalue weighted by Crippen LogP contribution is -2.05. The first-order valence-corrected chi connectivity index (χ1v) is 4.14. The van der Waals surface area contributed by atoms with Crippen LogP contribution in [-0.4, -0.2) is 18.4 Å². The van der Waals surface area contributed by atoms with Crippen LogP contribution in [-0.2, 0) is 9.53 Å². The van der Waals surface area contributed by atoms with Crippen molar-refractivity contribution in [2.45, 2.75) is 0 Å². The van der Waals surface area contributed by atoms with E-state index in [9.17, 15) is 4.79 Å². The summed E-state index contributed by atoms with van der Waals surface area (Å²) in [7, 11) is 0. The molecule has 0 aliphatic carbocycles. The van der Waals surface area contributed by atoms with Gasteiger partial charge in [0.15, 0.2) is 0 Å². The van der Waals surface area contributed by atoms with Gasteiger partial charge in [0.05, 0.1) is 0 Å². The van der Waals surface area contributed by atoms with Gasteiger partial charge in [-0.2, -0.15) is 0 Å². The highest BCUT2D eigenvalue weighted by Gasteiger charge is 2.17. The lowest BCUT2D eigenvalue weighted by molar-refractivity contribution is -0.132. The Balaban J connectivity index is 2.27. The number of hydrogen-bond acceptors (Lipinski definition) is 3. The molecule has 0 unspecified atom stereocenters. The first kappa shape index (κ1) is 8.26. The predicted molar refractivity (Wildman–Crippen MR) is 48.9 cm³/mol. The summed E-state index contributed by atoms with van der Waals surface area (Å²) >= 11 is 5.70. The average molecular weight is 196 g/mol. The molecule has 0 spiro atoms. The number of rotatable bonds is 1. The Kier molecular flexibility index (Phi) is 2.02. The fourth-order valence-electron chi connectivity index (χ4n) is 1.05. The second-order valence-electron chi connectivity index (χ2n) is 2.60. The van der Waals surface area contributed by atoms with Crippen LogP contribution in [0.4, 0.5) is 0 Å². The minimum Gasteiger partial charge on any atom is -0.406 e. The smallest absolute Gasteiger partial charge is 0.334 e. The topological polar surface area (TPSA) is 38.7 Å². The zero-order chi connectivity index (χ0) is 9.26. The third-order valence-corrected chi connectivity index (χ3v) is 1.91. The highest BCUT2D eigenvalue weighted by Crippen LogP contribution is 2.12. The van der Waals surface area contributed by atoms with Gasteiger partial charge >= 0.3 is 5.97 Å². The number of cyclic esters (lactones) is 1. The number of carbonyl (C=O) groups is 1. The highest BCUT2D eigenvalue weighted by molar-refractivity contribution is 6.30. The van der Waals surface area contributed by atoms with Gasteiger partial charge in [0.25, 0.3) is 0 Å². The van der Waals surface area contributed by atoms with Crippen molar-refractivity contribution in [3.05, 3.63) is 34.9 Å². The van der Waals surface area contributed by atoms with E-state index in [0.717, 1.165) is 5.56 Å². The van der Waals surface area contributed by atoms with E-state index in [4.69, 9.17) is 16.3 Å². The molecule has 0 aromatic heterocycles. The van der Waals surface area contributed by atoms with Crippen molar-refractivity contribution in [3.8, 4) is 0 Å². The molecule has 0 atom stereocenters. The molecule has 0 bridgehead atoms. The van der Waals surface area contributed by atoms with Crippen LogP contribution in [0.25, 0.3) is 0 Å². The van der Waals surface area contributed by atoms with E-state index >= 15 is 0 Å². The van der Waals surface area contributed by atoms with E-state index in [0.29, 0.717) is 10.9 Å². The minimum atomic E-state index is -0.315. The minimum absolute atomic E-state index is 0.109. The fourth-order valence-corrected chi connectivity index (χ4v) is 1.18. The van der Waals surface area contributed by atoms with Gasteiger partial charge in [-0.1, -0.05) is 11.6 Å². The molecule has 1 aliphatic heterocycles. The zero-order valence-corrected chi connectivity index (χ0v) is 7.41. The first-order chi connectivity index (χ1) is 6.25. The summed E-state index contributed by atoms with van der Waals surface area (Å²) in [5.74, 6) is 0.0617. The molecule has 0 radical (unpaired) electrons. The largest absolute Gasteiger partial charge is 0.406 e. The Morgan fingerprint density at radius 3 is 2.54 bits per heavy atom. The molecule has 13 heavy (non-hydrogen) atoms. The number of carbonyl (C=O) groups excluding carboxylic acids is 1. The van der Waals surface area contributed by atoms with Crippen molar-refractivity contribution >= 4 is 23.5 Å². The molecule has 2 rings (SSSR count). The van der Waals surface area contributed by atoms with E-state index in [1.165, 1.54) is 0 Å². The van der Waals surface area contributed by atoms with E-state index < -0.39 is 0 Å². The van der Waals surface area contributed by atoms with E-state index in [1.807, 2.05) is 0 Å². The van der Waals surface area contributed by atoms with Gasteiger partial charge in [0.1, 0.15) is 6.54 Å². The Labute approximate surface area is 80.0 Å². The SMILES string of the molecule is O=C1CN=C(c2ccc(Cl)cc2)O1. The lowest BCUT2D eigenvalue weighted by Gasteiger charge is -1.98. The maximum Gasteiger partial charge on any atom is 0.334 e. The Morgan fingerprint density at radius 1 is 1.31 bits per heavy atom. The zero-order valence-electron chi connectivity index (χ0n) is 6.66. The van der Waals surface area contributed by atoms with Crippen LogP contribution >= 0.6 is 11.6 Å². The maximum absolute atomic E-state index is 10.7. The fraction of sp³-hybridized carbons (Fsp3) is 0.111. The van der Waals surface area contributed by atoms with Crippen LogP contribution in [0.3, 0.4) is 0 Å². The third kappa shape index (κ3) is 1.70. The van der Waals surface area contributed by atoms with Crippen LogP contribution < -0.4 is 0 Å². The molecular weight excluding hydrogens is 190 g/mol. The summed E-state index contributed by atoms with van der Waals surface area (Å²) in [4.78, 5) is 14.6. The summed E-state index contributed by atoms with van der Waals surface area (Å²) in [6, 6.07) is 6.98. The lowest BCUT2D eigenvalue weighted by atomic mass is 10.2. The molecule has 66 valence electrons. The van der Waals surface area contributed by atoms with Gasteiger partial charge in [0.2, 0.25) is 5.90 Å². The number of aliphatic imine (C=N–C) groups is 1. The molecule has 1 aromatic rings. The second kappa shape index (κ2) is 3.18. The molecule has 1 heterocycles. The molecular formula is C9H6ClNO2. The summed E-state index contributed by atoms with van der Waals surface area (Å²) in [6.07, 6.45) is 0. The van der Waals surface area contributed by atoms with E-state index in [2.05, 4.69) is 4.99 Å². The molecule has 0 saturated carbocycles. The van der Waals surface area contributed by atoms with Crippen LogP contribution in [0.5, 0.6) is 0 Å². The predicted octanol–water partition coefficient (Wildman–Crippen LogP) is 1.64. The Hall–Kier alpha value is -1.35. The molecule has 0 amide bonds. The maximum atomic E-state index is 10.7. The third-order valence-electron chi connectivity index (χ3n) is 1.65. The monoisotopic (exact) mass is 195 g/mol. The second-order valence-corrected chi connectivity index (χ2v) is 3.04. The molecule has 0 N–H and O–H groups in total. The summed E-state index contributed by atoms with van der Waals surface area (Å²) in [5, 5.41) is 0.647. The molecule has 1 aromatic carbocycles. The molecule has 3 nitrogen and oxygen atoms in total. The van der Waals surface area contributed by atoms with Crippen molar-refractivity contribution in [1.29, 1.82) is 0 Å². The van der Waals surface area contributed by atoms with Crippen LogP contribution in [0, 0.1) is 0 Å². The van der Waals surface area contributed by atoms with Crippen molar-refractivity contribution in [3.63, 3.8) is 0 Å². The summed E-state index contributed by atoms with van der Waals surface area (Å²) in [6.45, 7) is 0.109. The molecule has 1 aliphatic rings. The number of ether oxygens (including phenoxy) is 1. The van der Waals surface area contributed by atoms with Gasteiger partial charge < -0.3 is 4.74 Å².